The minimum Gasteiger partial charge on any atom is -0.481 e. The van der Waals surface area contributed by atoms with E-state index in [9.17, 15) is 28.8 Å². The molecule has 0 aliphatic rings. The molecule has 0 aromatic carbocycles. The molecular formula is C16H23N7O8. The third kappa shape index (κ3) is 9.35. The topological polar surface area (TPSA) is 260 Å². The van der Waals surface area contributed by atoms with Gasteiger partial charge in [-0.2, -0.15) is 0 Å². The number of carbonyl (C=O) groups is 6. The number of H-pyrrole nitrogens is 1. The Balaban J connectivity index is 2.64. The molecule has 0 saturated heterocycles. The molecule has 1 rings (SSSR count). The van der Waals surface area contributed by atoms with E-state index >= 15 is 0 Å². The molecule has 10 N–H and O–H groups in total. The fourth-order valence-corrected chi connectivity index (χ4v) is 2.33. The fourth-order valence-electron chi connectivity index (χ4n) is 2.33. The van der Waals surface area contributed by atoms with E-state index in [1.165, 1.54) is 12.5 Å². The van der Waals surface area contributed by atoms with Gasteiger partial charge in [0.1, 0.15) is 12.1 Å². The zero-order valence-electron chi connectivity index (χ0n) is 16.2. The zero-order valence-corrected chi connectivity index (χ0v) is 16.2. The Hall–Kier alpha value is -4.01. The number of carboxylic acid groups (broad SMARTS) is 2. The minimum atomic E-state index is -1.71. The molecular weight excluding hydrogens is 418 g/mol. The van der Waals surface area contributed by atoms with Gasteiger partial charge < -0.3 is 42.6 Å². The van der Waals surface area contributed by atoms with Gasteiger partial charge in [-0.3, -0.25) is 24.0 Å². The van der Waals surface area contributed by atoms with Crippen molar-refractivity contribution in [2.75, 3.05) is 6.54 Å². The second-order valence-electron chi connectivity index (χ2n) is 6.39. The summed E-state index contributed by atoms with van der Waals surface area (Å²) in [5, 5.41) is 24.2. The molecule has 3 atom stereocenters. The summed E-state index contributed by atoms with van der Waals surface area (Å²) in [5.74, 6) is -6.83. The first kappa shape index (κ1) is 25.0. The van der Waals surface area contributed by atoms with Crippen molar-refractivity contribution in [1.29, 1.82) is 0 Å². The molecule has 0 spiro atoms. The Labute approximate surface area is 174 Å². The van der Waals surface area contributed by atoms with Crippen LogP contribution in [0.2, 0.25) is 0 Å². The number of hydrogen-bond donors (Lipinski definition) is 8. The van der Waals surface area contributed by atoms with Crippen molar-refractivity contribution in [1.82, 2.24) is 25.9 Å². The summed E-state index contributed by atoms with van der Waals surface area (Å²) in [6.07, 6.45) is 1.37. The van der Waals surface area contributed by atoms with Gasteiger partial charge in [0, 0.05) is 18.3 Å². The fraction of sp³-hybridized carbons (Fsp3) is 0.438. The molecule has 0 fully saturated rings. The quantitative estimate of drug-likeness (QED) is 0.146. The van der Waals surface area contributed by atoms with Crippen LogP contribution >= 0.6 is 0 Å². The average molecular weight is 441 g/mol. The van der Waals surface area contributed by atoms with Gasteiger partial charge >= 0.3 is 11.9 Å². The van der Waals surface area contributed by atoms with E-state index in [4.69, 9.17) is 21.7 Å². The largest absolute Gasteiger partial charge is 0.481 e. The van der Waals surface area contributed by atoms with E-state index in [0.717, 1.165) is 0 Å². The molecule has 0 bridgehead atoms. The first-order chi connectivity index (χ1) is 14.5. The summed E-state index contributed by atoms with van der Waals surface area (Å²) in [4.78, 5) is 75.7. The summed E-state index contributed by atoms with van der Waals surface area (Å²) in [6.45, 7) is -0.622. The van der Waals surface area contributed by atoms with Crippen LogP contribution < -0.4 is 27.4 Å². The maximum absolute atomic E-state index is 12.2. The molecule has 3 unspecified atom stereocenters. The number of hydrogen-bond acceptors (Lipinski definition) is 8. The Morgan fingerprint density at radius 2 is 1.71 bits per heavy atom. The highest BCUT2D eigenvalue weighted by atomic mass is 16.4. The molecule has 1 aromatic rings. The van der Waals surface area contributed by atoms with E-state index in [1.807, 2.05) is 5.32 Å². The Morgan fingerprint density at radius 3 is 2.23 bits per heavy atom. The van der Waals surface area contributed by atoms with Gasteiger partial charge in [0.05, 0.1) is 31.8 Å². The van der Waals surface area contributed by atoms with Crippen molar-refractivity contribution in [3.63, 3.8) is 0 Å². The Bertz CT molecular complexity index is 826. The Morgan fingerprint density at radius 1 is 1.03 bits per heavy atom. The summed E-state index contributed by atoms with van der Waals surface area (Å²) in [5.41, 5.74) is 11.2. The highest BCUT2D eigenvalue weighted by Gasteiger charge is 2.29. The SMILES string of the molecule is NC(=O)CC(NC(=O)C(CC(=O)O)NC(=O)CNC(=O)C(N)Cc1cnc[nH]1)C(=O)O. The first-order valence-corrected chi connectivity index (χ1v) is 8.82. The van der Waals surface area contributed by atoms with Gasteiger partial charge in [-0.1, -0.05) is 0 Å². The maximum Gasteiger partial charge on any atom is 0.326 e. The molecule has 4 amide bonds. The molecule has 0 aliphatic carbocycles. The van der Waals surface area contributed by atoms with Gasteiger partial charge in [-0.15, -0.1) is 0 Å². The number of aliphatic carboxylic acids is 2. The predicted molar refractivity (Wildman–Crippen MR) is 101 cm³/mol. The molecule has 0 aliphatic heterocycles. The van der Waals surface area contributed by atoms with Gasteiger partial charge in [-0.05, 0) is 0 Å². The first-order valence-electron chi connectivity index (χ1n) is 8.82. The number of nitrogens with two attached hydrogens (primary N) is 2. The zero-order chi connectivity index (χ0) is 23.6. The minimum absolute atomic E-state index is 0.119. The number of imidazole rings is 1. The number of amides is 4. The number of aromatic amines is 1. The van der Waals surface area contributed by atoms with Crippen LogP contribution in [-0.4, -0.2) is 80.4 Å². The van der Waals surface area contributed by atoms with Crippen LogP contribution in [0.25, 0.3) is 0 Å². The number of nitrogens with one attached hydrogen (secondary N) is 4. The lowest BCUT2D eigenvalue weighted by Crippen LogP contribution is -2.54. The standard InChI is InChI=1S/C16H23N7O8/c17-8(1-7-4-19-6-21-7)14(28)20-5-12(25)22-9(3-13(26)27)15(29)23-10(16(30)31)2-11(18)24/h4,6,8-10H,1-3,5,17H2,(H2,18,24)(H,19,21)(H,20,28)(H,22,25)(H,23,29)(H,26,27)(H,30,31). The number of carboxylic acids is 2. The molecule has 15 heteroatoms. The lowest BCUT2D eigenvalue weighted by molar-refractivity contribution is -0.144. The van der Waals surface area contributed by atoms with E-state index in [-0.39, 0.29) is 6.42 Å². The van der Waals surface area contributed by atoms with Crippen LogP contribution in [0.4, 0.5) is 0 Å². The summed E-state index contributed by atoms with van der Waals surface area (Å²) >= 11 is 0. The second kappa shape index (κ2) is 11.9. The van der Waals surface area contributed by atoms with Crippen LogP contribution in [0.15, 0.2) is 12.5 Å². The average Bonchev–Trinajstić information content (AvgIpc) is 3.17. The lowest BCUT2D eigenvalue weighted by atomic mass is 10.1. The summed E-state index contributed by atoms with van der Waals surface area (Å²) in [7, 11) is 0. The molecule has 0 saturated carbocycles. The second-order valence-corrected chi connectivity index (χ2v) is 6.39. The van der Waals surface area contributed by atoms with Crippen LogP contribution in [0, 0.1) is 0 Å². The molecule has 31 heavy (non-hydrogen) atoms. The maximum atomic E-state index is 12.2. The molecule has 15 nitrogen and oxygen atoms in total. The Kier molecular flexibility index (Phi) is 9.58. The van der Waals surface area contributed by atoms with Crippen molar-refractivity contribution < 1.29 is 39.0 Å². The number of aromatic nitrogens is 2. The van der Waals surface area contributed by atoms with Crippen molar-refractivity contribution in [2.45, 2.75) is 37.4 Å². The molecule has 1 aromatic heterocycles. The number of rotatable bonds is 13. The van der Waals surface area contributed by atoms with Gasteiger partial charge in [-0.25, -0.2) is 9.78 Å². The van der Waals surface area contributed by atoms with Crippen molar-refractivity contribution in [3.8, 4) is 0 Å². The summed E-state index contributed by atoms with van der Waals surface area (Å²) < 4.78 is 0. The highest BCUT2D eigenvalue weighted by Crippen LogP contribution is 1.99. The molecule has 1 heterocycles. The van der Waals surface area contributed by atoms with E-state index in [1.54, 1.807) is 0 Å². The third-order valence-electron chi connectivity index (χ3n) is 3.80. The number of carbonyl (C=O) groups excluding carboxylic acids is 4. The molecule has 0 radical (unpaired) electrons. The smallest absolute Gasteiger partial charge is 0.326 e. The number of primary amides is 1. The lowest BCUT2D eigenvalue weighted by Gasteiger charge is -2.20. The van der Waals surface area contributed by atoms with E-state index < -0.39 is 73.1 Å². The normalized spacial score (nSPS) is 13.3. The van der Waals surface area contributed by atoms with Gasteiger partial charge in [0.25, 0.3) is 0 Å². The summed E-state index contributed by atoms with van der Waals surface area (Å²) in [6, 6.07) is -4.38. The van der Waals surface area contributed by atoms with Gasteiger partial charge in [0.15, 0.2) is 0 Å². The monoisotopic (exact) mass is 441 g/mol. The van der Waals surface area contributed by atoms with Gasteiger partial charge in [0.2, 0.25) is 23.6 Å². The van der Waals surface area contributed by atoms with Crippen molar-refractivity contribution >= 4 is 35.6 Å². The highest BCUT2D eigenvalue weighted by molar-refractivity contribution is 5.95. The van der Waals surface area contributed by atoms with Crippen LogP contribution in [0.5, 0.6) is 0 Å². The number of nitrogens with zero attached hydrogens (tertiary/aromatic N) is 1. The van der Waals surface area contributed by atoms with Crippen LogP contribution in [0.3, 0.4) is 0 Å². The van der Waals surface area contributed by atoms with E-state index in [0.29, 0.717) is 5.69 Å². The van der Waals surface area contributed by atoms with Crippen molar-refractivity contribution in [2.24, 2.45) is 11.5 Å². The van der Waals surface area contributed by atoms with E-state index in [2.05, 4.69) is 20.6 Å². The predicted octanol–water partition coefficient (Wildman–Crippen LogP) is -4.20. The van der Waals surface area contributed by atoms with Crippen molar-refractivity contribution in [3.05, 3.63) is 18.2 Å². The van der Waals surface area contributed by atoms with Crippen LogP contribution in [-0.2, 0) is 35.2 Å². The molecule has 170 valence electrons. The third-order valence-corrected chi connectivity index (χ3v) is 3.80. The van der Waals surface area contributed by atoms with Crippen LogP contribution in [0.1, 0.15) is 18.5 Å².